The van der Waals surface area contributed by atoms with Crippen LogP contribution in [0.15, 0.2) is 5.16 Å². The summed E-state index contributed by atoms with van der Waals surface area (Å²) in [6.07, 6.45) is 4.09. The van der Waals surface area contributed by atoms with Crippen LogP contribution in [0.1, 0.15) is 39.5 Å². The number of oxime groups is 1. The van der Waals surface area contributed by atoms with Crippen LogP contribution in [0, 0.1) is 5.92 Å². The van der Waals surface area contributed by atoms with Gasteiger partial charge in [-0.15, -0.1) is 0 Å². The highest BCUT2D eigenvalue weighted by atomic mass is 16.6. The molecule has 5 heteroatoms. The number of aliphatic carboxylic acids is 1. The predicted molar refractivity (Wildman–Crippen MR) is 58.3 cm³/mol. The standard InChI is InChI=1S/C11H17NO4/c1-7-5-3-4-6-9(7)16-12-10(8(2)13)11(14)15/h7,9H,3-6H2,1-2H3,(H,14,15)/t7-,9-/m1/s1. The molecule has 0 amide bonds. The first kappa shape index (κ1) is 12.7. The van der Waals surface area contributed by atoms with Gasteiger partial charge < -0.3 is 9.94 Å². The second-order valence-corrected chi connectivity index (χ2v) is 4.21. The van der Waals surface area contributed by atoms with Crippen LogP contribution in [-0.4, -0.2) is 28.7 Å². The second-order valence-electron chi connectivity index (χ2n) is 4.21. The number of nitrogens with zero attached hydrogens (tertiary/aromatic N) is 1. The molecule has 0 unspecified atom stereocenters. The number of carbonyl (C=O) groups excluding carboxylic acids is 1. The lowest BCUT2D eigenvalue weighted by Gasteiger charge is -2.26. The summed E-state index contributed by atoms with van der Waals surface area (Å²) in [6, 6.07) is 0. The quantitative estimate of drug-likeness (QED) is 0.449. The molecule has 1 aliphatic rings. The molecule has 1 N–H and O–H groups in total. The first-order valence-corrected chi connectivity index (χ1v) is 5.50. The van der Waals surface area contributed by atoms with E-state index in [4.69, 9.17) is 9.94 Å². The Morgan fingerprint density at radius 1 is 1.31 bits per heavy atom. The van der Waals surface area contributed by atoms with Gasteiger partial charge in [0.05, 0.1) is 0 Å². The van der Waals surface area contributed by atoms with E-state index in [0.29, 0.717) is 5.92 Å². The van der Waals surface area contributed by atoms with Gasteiger partial charge >= 0.3 is 5.97 Å². The molecule has 0 aromatic rings. The highest BCUT2D eigenvalue weighted by molar-refractivity contribution is 6.63. The van der Waals surface area contributed by atoms with Crippen molar-refractivity contribution < 1.29 is 19.5 Å². The SMILES string of the molecule is CC(=O)C(=NO[C@@H]1CCCC[C@H]1C)C(=O)O. The van der Waals surface area contributed by atoms with Crippen LogP contribution in [-0.2, 0) is 14.4 Å². The Balaban J connectivity index is 2.61. The lowest BCUT2D eigenvalue weighted by molar-refractivity contribution is -0.130. The van der Waals surface area contributed by atoms with Crippen molar-refractivity contribution in [1.29, 1.82) is 0 Å². The molecule has 2 atom stereocenters. The number of carboxylic acid groups (broad SMARTS) is 1. The van der Waals surface area contributed by atoms with Gasteiger partial charge in [-0.3, -0.25) is 4.79 Å². The van der Waals surface area contributed by atoms with Gasteiger partial charge in [0.1, 0.15) is 6.10 Å². The molecule has 5 nitrogen and oxygen atoms in total. The van der Waals surface area contributed by atoms with Crippen molar-refractivity contribution in [1.82, 2.24) is 0 Å². The Labute approximate surface area is 94.5 Å². The summed E-state index contributed by atoms with van der Waals surface area (Å²) in [5.41, 5.74) is -0.530. The lowest BCUT2D eigenvalue weighted by atomic mass is 9.88. The maximum atomic E-state index is 10.9. The van der Waals surface area contributed by atoms with Gasteiger partial charge in [-0.2, -0.15) is 0 Å². The van der Waals surface area contributed by atoms with Crippen LogP contribution in [0.5, 0.6) is 0 Å². The number of Topliss-reactive ketones (excluding diaryl/α,β-unsaturated/α-hetero) is 1. The minimum Gasteiger partial charge on any atom is -0.476 e. The summed E-state index contributed by atoms with van der Waals surface area (Å²) in [4.78, 5) is 26.8. The van der Waals surface area contributed by atoms with Crippen molar-refractivity contribution in [2.24, 2.45) is 11.1 Å². The van der Waals surface area contributed by atoms with Crippen LogP contribution < -0.4 is 0 Å². The topological polar surface area (TPSA) is 76.0 Å². The average Bonchev–Trinajstić information content (AvgIpc) is 2.20. The second kappa shape index (κ2) is 5.63. The molecule has 1 fully saturated rings. The molecule has 0 aliphatic heterocycles. The first-order chi connectivity index (χ1) is 7.52. The highest BCUT2D eigenvalue weighted by Crippen LogP contribution is 2.26. The van der Waals surface area contributed by atoms with E-state index in [-0.39, 0.29) is 6.10 Å². The largest absolute Gasteiger partial charge is 0.476 e. The van der Waals surface area contributed by atoms with E-state index in [1.807, 2.05) is 6.92 Å². The summed E-state index contributed by atoms with van der Waals surface area (Å²) in [6.45, 7) is 3.22. The zero-order valence-corrected chi connectivity index (χ0v) is 9.60. The molecule has 1 aliphatic carbocycles. The number of hydrogen-bond acceptors (Lipinski definition) is 4. The van der Waals surface area contributed by atoms with Crippen molar-refractivity contribution in [3.8, 4) is 0 Å². The van der Waals surface area contributed by atoms with Gasteiger partial charge in [0.25, 0.3) is 0 Å². The summed E-state index contributed by atoms with van der Waals surface area (Å²) in [5.74, 6) is -1.56. The van der Waals surface area contributed by atoms with E-state index in [1.165, 1.54) is 13.3 Å². The fraction of sp³-hybridized carbons (Fsp3) is 0.727. The number of hydrogen-bond donors (Lipinski definition) is 1. The normalized spacial score (nSPS) is 26.2. The smallest absolute Gasteiger partial charge is 0.361 e. The Kier molecular flexibility index (Phi) is 4.46. The van der Waals surface area contributed by atoms with E-state index >= 15 is 0 Å². The van der Waals surface area contributed by atoms with Crippen LogP contribution in [0.25, 0.3) is 0 Å². The zero-order chi connectivity index (χ0) is 12.1. The third-order valence-corrected chi connectivity index (χ3v) is 2.85. The molecule has 0 spiro atoms. The molecule has 16 heavy (non-hydrogen) atoms. The molecule has 0 radical (unpaired) electrons. The molecule has 0 aromatic carbocycles. The number of carbonyl (C=O) groups is 2. The summed E-state index contributed by atoms with van der Waals surface area (Å²) >= 11 is 0. The Hall–Kier alpha value is -1.39. The van der Waals surface area contributed by atoms with E-state index in [2.05, 4.69) is 5.16 Å². The van der Waals surface area contributed by atoms with Gasteiger partial charge in [0.15, 0.2) is 5.78 Å². The Bertz CT molecular complexity index is 295. The molecular weight excluding hydrogens is 210 g/mol. The molecule has 1 saturated carbocycles. The molecule has 0 aromatic heterocycles. The number of ketones is 1. The lowest BCUT2D eigenvalue weighted by Crippen LogP contribution is -2.27. The van der Waals surface area contributed by atoms with Crippen LogP contribution >= 0.6 is 0 Å². The molecule has 1 rings (SSSR count). The average molecular weight is 227 g/mol. The molecule has 0 bridgehead atoms. The van der Waals surface area contributed by atoms with E-state index < -0.39 is 17.5 Å². The fourth-order valence-electron chi connectivity index (χ4n) is 1.81. The summed E-state index contributed by atoms with van der Waals surface area (Å²) in [7, 11) is 0. The van der Waals surface area contributed by atoms with Crippen molar-refractivity contribution >= 4 is 17.5 Å². The third kappa shape index (κ3) is 3.32. The van der Waals surface area contributed by atoms with Crippen LogP contribution in [0.4, 0.5) is 0 Å². The van der Waals surface area contributed by atoms with Crippen molar-refractivity contribution in [2.75, 3.05) is 0 Å². The maximum absolute atomic E-state index is 10.9. The van der Waals surface area contributed by atoms with E-state index in [9.17, 15) is 9.59 Å². The first-order valence-electron chi connectivity index (χ1n) is 5.50. The zero-order valence-electron chi connectivity index (χ0n) is 9.60. The maximum Gasteiger partial charge on any atom is 0.361 e. The van der Waals surface area contributed by atoms with Gasteiger partial charge in [-0.25, -0.2) is 4.79 Å². The van der Waals surface area contributed by atoms with Crippen molar-refractivity contribution in [3.63, 3.8) is 0 Å². The Morgan fingerprint density at radius 2 is 1.94 bits per heavy atom. The molecule has 0 heterocycles. The summed E-state index contributed by atoms with van der Waals surface area (Å²) < 4.78 is 0. The minimum absolute atomic E-state index is 0.0672. The van der Waals surface area contributed by atoms with Crippen LogP contribution in [0.3, 0.4) is 0 Å². The van der Waals surface area contributed by atoms with Gasteiger partial charge in [-0.1, -0.05) is 18.5 Å². The van der Waals surface area contributed by atoms with Crippen molar-refractivity contribution in [3.05, 3.63) is 0 Å². The molecule has 90 valence electrons. The molecule has 0 saturated heterocycles. The van der Waals surface area contributed by atoms with Gasteiger partial charge in [0, 0.05) is 6.92 Å². The van der Waals surface area contributed by atoms with E-state index in [0.717, 1.165) is 19.3 Å². The fourth-order valence-corrected chi connectivity index (χ4v) is 1.81. The number of rotatable bonds is 4. The highest BCUT2D eigenvalue weighted by Gasteiger charge is 2.24. The van der Waals surface area contributed by atoms with E-state index in [1.54, 1.807) is 0 Å². The monoisotopic (exact) mass is 227 g/mol. The minimum atomic E-state index is -1.34. The van der Waals surface area contributed by atoms with Gasteiger partial charge in [-0.05, 0) is 25.2 Å². The van der Waals surface area contributed by atoms with Crippen molar-refractivity contribution in [2.45, 2.75) is 45.6 Å². The van der Waals surface area contributed by atoms with Gasteiger partial charge in [0.2, 0.25) is 5.71 Å². The third-order valence-electron chi connectivity index (χ3n) is 2.85. The predicted octanol–water partition coefficient (Wildman–Crippen LogP) is 1.61. The Morgan fingerprint density at radius 3 is 2.44 bits per heavy atom. The molecular formula is C11H17NO4. The summed E-state index contributed by atoms with van der Waals surface area (Å²) in [5, 5.41) is 12.2. The number of carboxylic acids is 1. The van der Waals surface area contributed by atoms with Crippen LogP contribution in [0.2, 0.25) is 0 Å².